The largest absolute Gasteiger partial charge is 0.321 e. The number of hydrogen-bond acceptors (Lipinski definition) is 3. The number of rotatable bonds is 5. The number of hydrazone groups is 1. The third-order valence-electron chi connectivity index (χ3n) is 4.01. The summed E-state index contributed by atoms with van der Waals surface area (Å²) in [6.07, 6.45) is 1.60. The summed E-state index contributed by atoms with van der Waals surface area (Å²) in [5.41, 5.74) is 5.77. The van der Waals surface area contributed by atoms with Crippen LogP contribution in [-0.4, -0.2) is 18.0 Å². The van der Waals surface area contributed by atoms with Crippen molar-refractivity contribution in [2.75, 3.05) is 5.32 Å². The second-order valence-corrected chi connectivity index (χ2v) is 5.92. The normalized spacial score (nSPS) is 10.6. The van der Waals surface area contributed by atoms with Gasteiger partial charge in [0.25, 0.3) is 11.8 Å². The lowest BCUT2D eigenvalue weighted by Crippen LogP contribution is -2.21. The molecular weight excluding hydrogens is 338 g/mol. The summed E-state index contributed by atoms with van der Waals surface area (Å²) in [5, 5.41) is 6.79. The lowest BCUT2D eigenvalue weighted by atomic mass is 10.1. The van der Waals surface area contributed by atoms with Crippen molar-refractivity contribution in [3.05, 3.63) is 101 Å². The Bertz CT molecular complexity index is 982. The van der Waals surface area contributed by atoms with Gasteiger partial charge in [-0.05, 0) is 42.3 Å². The maximum Gasteiger partial charge on any atom is 0.273 e. The Hall–Kier alpha value is -3.73. The standard InChI is InChI=1S/C22H19N3O2/c1-16-9-5-6-12-18(16)15-23-25-22(27)19-13-7-8-14-20(19)24-21(26)17-10-3-2-4-11-17/h2-15H,1H3,(H,24,26)(H,25,27). The molecule has 0 aliphatic carbocycles. The summed E-state index contributed by atoms with van der Waals surface area (Å²) in [5.74, 6) is -0.678. The van der Waals surface area contributed by atoms with Gasteiger partial charge in [-0.2, -0.15) is 5.10 Å². The molecule has 0 spiro atoms. The number of hydrogen-bond donors (Lipinski definition) is 2. The number of amides is 2. The van der Waals surface area contributed by atoms with E-state index < -0.39 is 5.91 Å². The van der Waals surface area contributed by atoms with Crippen LogP contribution in [0.2, 0.25) is 0 Å². The summed E-state index contributed by atoms with van der Waals surface area (Å²) < 4.78 is 0. The Morgan fingerprint density at radius 1 is 0.815 bits per heavy atom. The molecule has 0 aliphatic heterocycles. The van der Waals surface area contributed by atoms with Gasteiger partial charge in [0.2, 0.25) is 0 Å². The molecule has 0 radical (unpaired) electrons. The van der Waals surface area contributed by atoms with Gasteiger partial charge in [0, 0.05) is 5.56 Å². The molecule has 0 saturated carbocycles. The van der Waals surface area contributed by atoms with Gasteiger partial charge >= 0.3 is 0 Å². The molecule has 5 nitrogen and oxygen atoms in total. The van der Waals surface area contributed by atoms with Crippen LogP contribution in [-0.2, 0) is 0 Å². The number of aryl methyl sites for hydroxylation is 1. The molecule has 0 fully saturated rings. The topological polar surface area (TPSA) is 70.6 Å². The number of nitrogens with one attached hydrogen (secondary N) is 2. The number of nitrogens with zero attached hydrogens (tertiary/aromatic N) is 1. The van der Waals surface area contributed by atoms with E-state index in [1.807, 2.05) is 37.3 Å². The lowest BCUT2D eigenvalue weighted by Gasteiger charge is -2.10. The smallest absolute Gasteiger partial charge is 0.273 e. The average Bonchev–Trinajstić information content (AvgIpc) is 2.70. The van der Waals surface area contributed by atoms with Gasteiger partial charge in [0.05, 0.1) is 17.5 Å². The molecule has 27 heavy (non-hydrogen) atoms. The zero-order chi connectivity index (χ0) is 19.1. The maximum atomic E-state index is 12.5. The molecule has 3 rings (SSSR count). The van der Waals surface area contributed by atoms with E-state index in [4.69, 9.17) is 0 Å². The van der Waals surface area contributed by atoms with Crippen LogP contribution in [0.15, 0.2) is 84.0 Å². The van der Waals surface area contributed by atoms with Crippen molar-refractivity contribution in [1.29, 1.82) is 0 Å². The Morgan fingerprint density at radius 2 is 1.48 bits per heavy atom. The molecule has 0 aromatic heterocycles. The first-order chi connectivity index (χ1) is 13.1. The highest BCUT2D eigenvalue weighted by Crippen LogP contribution is 2.16. The second kappa shape index (κ2) is 8.58. The molecule has 0 saturated heterocycles. The first kappa shape index (κ1) is 18.1. The van der Waals surface area contributed by atoms with Crippen molar-refractivity contribution in [1.82, 2.24) is 5.43 Å². The highest BCUT2D eigenvalue weighted by Gasteiger charge is 2.13. The summed E-state index contributed by atoms with van der Waals surface area (Å²) in [4.78, 5) is 24.8. The molecule has 2 amide bonds. The van der Waals surface area contributed by atoms with E-state index in [2.05, 4.69) is 15.8 Å². The van der Waals surface area contributed by atoms with Crippen molar-refractivity contribution in [3.63, 3.8) is 0 Å². The van der Waals surface area contributed by atoms with Crippen LogP contribution in [0.5, 0.6) is 0 Å². The quantitative estimate of drug-likeness (QED) is 0.535. The molecule has 3 aromatic carbocycles. The van der Waals surface area contributed by atoms with Crippen LogP contribution in [0.1, 0.15) is 31.8 Å². The summed E-state index contributed by atoms with van der Waals surface area (Å²) in [6.45, 7) is 1.97. The fourth-order valence-electron chi connectivity index (χ4n) is 2.53. The average molecular weight is 357 g/mol. The molecule has 2 N–H and O–H groups in total. The predicted molar refractivity (Wildman–Crippen MR) is 107 cm³/mol. The van der Waals surface area contributed by atoms with Gasteiger partial charge in [-0.15, -0.1) is 0 Å². The Kier molecular flexibility index (Phi) is 5.74. The SMILES string of the molecule is Cc1ccccc1C=NNC(=O)c1ccccc1NC(=O)c1ccccc1. The minimum Gasteiger partial charge on any atom is -0.321 e. The number of carbonyl (C=O) groups excluding carboxylic acids is 2. The van der Waals surface area contributed by atoms with Crippen molar-refractivity contribution < 1.29 is 9.59 Å². The van der Waals surface area contributed by atoms with Gasteiger partial charge in [0.1, 0.15) is 0 Å². The van der Waals surface area contributed by atoms with Crippen molar-refractivity contribution in [2.24, 2.45) is 5.10 Å². The van der Waals surface area contributed by atoms with E-state index >= 15 is 0 Å². The summed E-state index contributed by atoms with van der Waals surface area (Å²) >= 11 is 0. The first-order valence-electron chi connectivity index (χ1n) is 8.49. The minimum atomic E-state index is -0.399. The summed E-state index contributed by atoms with van der Waals surface area (Å²) in [6, 6.07) is 23.4. The molecule has 134 valence electrons. The maximum absolute atomic E-state index is 12.5. The van der Waals surface area contributed by atoms with E-state index in [0.717, 1.165) is 11.1 Å². The zero-order valence-electron chi connectivity index (χ0n) is 14.8. The van der Waals surface area contributed by atoms with Crippen LogP contribution in [0.25, 0.3) is 0 Å². The zero-order valence-corrected chi connectivity index (χ0v) is 14.8. The van der Waals surface area contributed by atoms with Crippen LogP contribution in [0.3, 0.4) is 0 Å². The van der Waals surface area contributed by atoms with Gasteiger partial charge in [-0.1, -0.05) is 54.6 Å². The van der Waals surface area contributed by atoms with E-state index in [-0.39, 0.29) is 5.91 Å². The fourth-order valence-corrected chi connectivity index (χ4v) is 2.53. The molecule has 0 bridgehead atoms. The highest BCUT2D eigenvalue weighted by molar-refractivity contribution is 6.09. The third-order valence-corrected chi connectivity index (χ3v) is 4.01. The van der Waals surface area contributed by atoms with E-state index in [1.54, 1.807) is 54.7 Å². The molecule has 0 aliphatic rings. The van der Waals surface area contributed by atoms with E-state index in [0.29, 0.717) is 16.8 Å². The number of anilines is 1. The molecule has 5 heteroatoms. The van der Waals surface area contributed by atoms with E-state index in [1.165, 1.54) is 0 Å². The molecule has 0 unspecified atom stereocenters. The van der Waals surface area contributed by atoms with Crippen LogP contribution in [0.4, 0.5) is 5.69 Å². The Labute approximate surface area is 157 Å². The second-order valence-electron chi connectivity index (χ2n) is 5.92. The van der Waals surface area contributed by atoms with Gasteiger partial charge in [-0.3, -0.25) is 9.59 Å². The number of para-hydroxylation sites is 1. The fraction of sp³-hybridized carbons (Fsp3) is 0.0455. The molecule has 0 atom stereocenters. The van der Waals surface area contributed by atoms with Gasteiger partial charge in [0.15, 0.2) is 0 Å². The molecule has 0 heterocycles. The molecular formula is C22H19N3O2. The van der Waals surface area contributed by atoms with Crippen molar-refractivity contribution >= 4 is 23.7 Å². The Balaban J connectivity index is 1.72. The Morgan fingerprint density at radius 3 is 2.26 bits per heavy atom. The summed E-state index contributed by atoms with van der Waals surface area (Å²) in [7, 11) is 0. The third kappa shape index (κ3) is 4.67. The van der Waals surface area contributed by atoms with Crippen LogP contribution < -0.4 is 10.7 Å². The van der Waals surface area contributed by atoms with Gasteiger partial charge < -0.3 is 5.32 Å². The number of carbonyl (C=O) groups is 2. The predicted octanol–water partition coefficient (Wildman–Crippen LogP) is 4.01. The van der Waals surface area contributed by atoms with Crippen LogP contribution in [0, 0.1) is 6.92 Å². The van der Waals surface area contributed by atoms with Gasteiger partial charge in [-0.25, -0.2) is 5.43 Å². The first-order valence-corrected chi connectivity index (χ1v) is 8.49. The minimum absolute atomic E-state index is 0.278. The highest BCUT2D eigenvalue weighted by atomic mass is 16.2. The monoisotopic (exact) mass is 357 g/mol. The van der Waals surface area contributed by atoms with E-state index in [9.17, 15) is 9.59 Å². The van der Waals surface area contributed by atoms with Crippen molar-refractivity contribution in [3.8, 4) is 0 Å². The molecule has 3 aromatic rings. The van der Waals surface area contributed by atoms with Crippen molar-refractivity contribution in [2.45, 2.75) is 6.92 Å². The lowest BCUT2D eigenvalue weighted by molar-refractivity contribution is 0.0956. The van der Waals surface area contributed by atoms with Crippen LogP contribution >= 0.6 is 0 Å². The number of benzene rings is 3.